The van der Waals surface area contributed by atoms with Gasteiger partial charge >= 0.3 is 0 Å². The summed E-state index contributed by atoms with van der Waals surface area (Å²) in [5.41, 5.74) is 8.93. The first kappa shape index (κ1) is 15.0. The number of hydrogen-bond acceptors (Lipinski definition) is 3. The molecule has 116 valence electrons. The predicted molar refractivity (Wildman–Crippen MR) is 84.1 cm³/mol. The molecular weight excluding hydrogens is 262 g/mol. The summed E-state index contributed by atoms with van der Waals surface area (Å²) in [5, 5.41) is 0. The van der Waals surface area contributed by atoms with Crippen molar-refractivity contribution < 1.29 is 9.47 Å². The second-order valence-corrected chi connectivity index (χ2v) is 6.99. The zero-order valence-electron chi connectivity index (χ0n) is 13.2. The maximum atomic E-state index is 6.16. The summed E-state index contributed by atoms with van der Waals surface area (Å²) in [4.78, 5) is 0. The minimum absolute atomic E-state index is 0.0402. The van der Waals surface area contributed by atoms with Gasteiger partial charge in [-0.15, -0.1) is 0 Å². The van der Waals surface area contributed by atoms with Gasteiger partial charge in [0, 0.05) is 12.0 Å². The van der Waals surface area contributed by atoms with Crippen molar-refractivity contribution in [3.05, 3.63) is 35.4 Å². The number of benzene rings is 1. The Bertz CT molecular complexity index is 492. The lowest BCUT2D eigenvalue weighted by molar-refractivity contribution is -0.139. The van der Waals surface area contributed by atoms with E-state index in [1.54, 1.807) is 0 Å². The Labute approximate surface area is 127 Å². The molecule has 0 radical (unpaired) electrons. The highest BCUT2D eigenvalue weighted by molar-refractivity contribution is 5.33. The Balaban J connectivity index is 1.86. The van der Waals surface area contributed by atoms with E-state index >= 15 is 0 Å². The van der Waals surface area contributed by atoms with Crippen LogP contribution in [0.1, 0.15) is 63.2 Å². The highest BCUT2D eigenvalue weighted by Gasteiger charge is 2.36. The third-order valence-electron chi connectivity index (χ3n) is 5.08. The molecule has 1 aromatic rings. The molecule has 1 atom stereocenters. The van der Waals surface area contributed by atoms with E-state index in [1.807, 2.05) is 13.8 Å². The molecule has 1 saturated heterocycles. The topological polar surface area (TPSA) is 44.5 Å². The van der Waals surface area contributed by atoms with Gasteiger partial charge in [0.25, 0.3) is 0 Å². The van der Waals surface area contributed by atoms with Gasteiger partial charge in [0.15, 0.2) is 5.79 Å². The second kappa shape index (κ2) is 5.71. The molecule has 1 heterocycles. The Morgan fingerprint density at radius 3 is 2.57 bits per heavy atom. The fourth-order valence-electron chi connectivity index (χ4n) is 3.76. The van der Waals surface area contributed by atoms with Gasteiger partial charge in [-0.05, 0) is 37.8 Å². The van der Waals surface area contributed by atoms with E-state index in [4.69, 9.17) is 15.2 Å². The summed E-state index contributed by atoms with van der Waals surface area (Å²) >= 11 is 0. The molecular formula is C18H27NO2. The summed E-state index contributed by atoms with van der Waals surface area (Å²) in [5.74, 6) is -0.475. The fourth-order valence-corrected chi connectivity index (χ4v) is 3.76. The molecule has 0 aromatic heterocycles. The summed E-state index contributed by atoms with van der Waals surface area (Å²) in [6, 6.07) is 8.83. The normalized spacial score (nSPS) is 27.7. The van der Waals surface area contributed by atoms with Crippen molar-refractivity contribution in [2.75, 3.05) is 13.2 Å². The van der Waals surface area contributed by atoms with Gasteiger partial charge in [-0.25, -0.2) is 0 Å². The maximum absolute atomic E-state index is 6.16. The zero-order chi connectivity index (χ0) is 14.9. The van der Waals surface area contributed by atoms with Crippen molar-refractivity contribution >= 4 is 0 Å². The van der Waals surface area contributed by atoms with Crippen molar-refractivity contribution in [3.8, 4) is 0 Å². The zero-order valence-corrected chi connectivity index (χ0v) is 13.2. The molecule has 3 heteroatoms. The third-order valence-corrected chi connectivity index (χ3v) is 5.08. The highest BCUT2D eigenvalue weighted by atomic mass is 16.7. The van der Waals surface area contributed by atoms with E-state index in [-0.39, 0.29) is 11.5 Å². The minimum Gasteiger partial charge on any atom is -0.347 e. The van der Waals surface area contributed by atoms with Crippen LogP contribution in [0.5, 0.6) is 0 Å². The standard InChI is InChI=1S/C18H27NO2/c1-17(2)20-12-16(21-17)14-7-6-8-15(11-14)18(13-19)9-4-3-5-10-18/h6-8,11,16H,3-5,9-10,12-13,19H2,1-2H3. The van der Waals surface area contributed by atoms with Crippen molar-refractivity contribution in [2.45, 2.75) is 63.3 Å². The minimum atomic E-state index is -0.475. The molecule has 1 aromatic carbocycles. The molecule has 1 saturated carbocycles. The molecule has 1 aliphatic carbocycles. The van der Waals surface area contributed by atoms with Crippen LogP contribution in [0.25, 0.3) is 0 Å². The van der Waals surface area contributed by atoms with E-state index < -0.39 is 5.79 Å². The SMILES string of the molecule is CC1(C)OCC(c2cccc(C3(CN)CCCCC3)c2)O1. The first-order valence-electron chi connectivity index (χ1n) is 8.17. The van der Waals surface area contributed by atoms with Crippen LogP contribution in [0.4, 0.5) is 0 Å². The van der Waals surface area contributed by atoms with Gasteiger partial charge in [0.2, 0.25) is 0 Å². The van der Waals surface area contributed by atoms with Crippen LogP contribution in [0.15, 0.2) is 24.3 Å². The largest absolute Gasteiger partial charge is 0.347 e. The molecule has 1 unspecified atom stereocenters. The smallest absolute Gasteiger partial charge is 0.163 e. The number of nitrogens with two attached hydrogens (primary N) is 1. The van der Waals surface area contributed by atoms with Crippen LogP contribution in [0, 0.1) is 0 Å². The van der Waals surface area contributed by atoms with E-state index in [0.29, 0.717) is 6.61 Å². The third kappa shape index (κ3) is 3.01. The quantitative estimate of drug-likeness (QED) is 0.923. The molecule has 0 spiro atoms. The van der Waals surface area contributed by atoms with Crippen molar-refractivity contribution in [1.29, 1.82) is 0 Å². The average Bonchev–Trinajstić information content (AvgIpc) is 2.88. The number of ether oxygens (including phenoxy) is 2. The second-order valence-electron chi connectivity index (χ2n) is 6.99. The van der Waals surface area contributed by atoms with Crippen molar-refractivity contribution in [1.82, 2.24) is 0 Å². The van der Waals surface area contributed by atoms with E-state index in [2.05, 4.69) is 24.3 Å². The van der Waals surface area contributed by atoms with Gasteiger partial charge in [-0.2, -0.15) is 0 Å². The van der Waals surface area contributed by atoms with E-state index in [9.17, 15) is 0 Å². The summed E-state index contributed by atoms with van der Waals surface area (Å²) < 4.78 is 11.7. The molecule has 2 aliphatic rings. The van der Waals surface area contributed by atoms with E-state index in [1.165, 1.54) is 43.2 Å². The predicted octanol–water partition coefficient (Wildman–Crippen LogP) is 3.67. The molecule has 2 N–H and O–H groups in total. The average molecular weight is 289 g/mol. The van der Waals surface area contributed by atoms with Crippen LogP contribution in [0.3, 0.4) is 0 Å². The van der Waals surface area contributed by atoms with Gasteiger partial charge in [-0.1, -0.05) is 43.5 Å². The van der Waals surface area contributed by atoms with Gasteiger partial charge in [0.1, 0.15) is 6.10 Å². The van der Waals surface area contributed by atoms with Crippen molar-refractivity contribution in [2.24, 2.45) is 5.73 Å². The summed E-state index contributed by atoms with van der Waals surface area (Å²) in [7, 11) is 0. The van der Waals surface area contributed by atoms with Gasteiger partial charge < -0.3 is 15.2 Å². The fraction of sp³-hybridized carbons (Fsp3) is 0.667. The molecule has 1 aliphatic heterocycles. The van der Waals surface area contributed by atoms with E-state index in [0.717, 1.165) is 6.54 Å². The summed E-state index contributed by atoms with van der Waals surface area (Å²) in [6.07, 6.45) is 6.38. The van der Waals surface area contributed by atoms with Gasteiger partial charge in [-0.3, -0.25) is 0 Å². The van der Waals surface area contributed by atoms with Crippen LogP contribution in [-0.2, 0) is 14.9 Å². The Morgan fingerprint density at radius 2 is 1.95 bits per heavy atom. The number of hydrogen-bond donors (Lipinski definition) is 1. The monoisotopic (exact) mass is 289 g/mol. The van der Waals surface area contributed by atoms with Crippen LogP contribution in [0.2, 0.25) is 0 Å². The molecule has 0 amide bonds. The van der Waals surface area contributed by atoms with Gasteiger partial charge in [0.05, 0.1) is 6.61 Å². The lowest BCUT2D eigenvalue weighted by atomic mass is 9.69. The highest BCUT2D eigenvalue weighted by Crippen LogP contribution is 2.40. The molecule has 3 nitrogen and oxygen atoms in total. The van der Waals surface area contributed by atoms with Crippen molar-refractivity contribution in [3.63, 3.8) is 0 Å². The lowest BCUT2D eigenvalue weighted by Crippen LogP contribution is -2.37. The molecule has 2 fully saturated rings. The number of rotatable bonds is 3. The van der Waals surface area contributed by atoms with Crippen LogP contribution in [-0.4, -0.2) is 18.9 Å². The maximum Gasteiger partial charge on any atom is 0.163 e. The lowest BCUT2D eigenvalue weighted by Gasteiger charge is -2.37. The first-order valence-corrected chi connectivity index (χ1v) is 8.17. The summed E-state index contributed by atoms with van der Waals surface area (Å²) in [6.45, 7) is 5.31. The molecule has 3 rings (SSSR count). The Kier molecular flexibility index (Phi) is 4.08. The molecule has 21 heavy (non-hydrogen) atoms. The Hall–Kier alpha value is -0.900. The van der Waals surface area contributed by atoms with Crippen LogP contribution >= 0.6 is 0 Å². The first-order chi connectivity index (χ1) is 10.0. The Morgan fingerprint density at radius 1 is 1.19 bits per heavy atom. The molecule has 0 bridgehead atoms. The van der Waals surface area contributed by atoms with Crippen LogP contribution < -0.4 is 5.73 Å².